The summed E-state index contributed by atoms with van der Waals surface area (Å²) in [6.45, 7) is 6.73. The van der Waals surface area contributed by atoms with E-state index in [1.54, 1.807) is 24.5 Å². The van der Waals surface area contributed by atoms with Gasteiger partial charge in [0.25, 0.3) is 0 Å². The molecule has 0 spiro atoms. The van der Waals surface area contributed by atoms with Crippen LogP contribution >= 0.6 is 23.2 Å². The van der Waals surface area contributed by atoms with Gasteiger partial charge >= 0.3 is 0 Å². The van der Waals surface area contributed by atoms with E-state index in [1.165, 1.54) is 0 Å². The Labute approximate surface area is 209 Å². The predicted octanol–water partition coefficient (Wildman–Crippen LogP) is 7.83. The number of aryl methyl sites for hydroxylation is 1. The number of hydrogen-bond donors (Lipinski definition) is 1. The largest absolute Gasteiger partial charge is 0.493 e. The molecule has 0 aliphatic rings. The Kier molecular flexibility index (Phi) is 7.30. The summed E-state index contributed by atoms with van der Waals surface area (Å²) < 4.78 is 11.9. The van der Waals surface area contributed by atoms with Gasteiger partial charge in [0.1, 0.15) is 11.3 Å². The molecule has 4 rings (SSSR count). The van der Waals surface area contributed by atoms with Crippen molar-refractivity contribution in [3.63, 3.8) is 0 Å². The van der Waals surface area contributed by atoms with E-state index in [0.717, 1.165) is 44.4 Å². The number of hydrogen-bond acceptors (Lipinski definition) is 3. The van der Waals surface area contributed by atoms with Crippen molar-refractivity contribution in [3.8, 4) is 16.9 Å². The van der Waals surface area contributed by atoms with Crippen molar-refractivity contribution in [2.75, 3.05) is 6.61 Å². The van der Waals surface area contributed by atoms with E-state index < -0.39 is 0 Å². The fourth-order valence-electron chi connectivity index (χ4n) is 3.91. The molecule has 1 amide bonds. The minimum atomic E-state index is -0.183. The fraction of sp³-hybridized carbons (Fsp3) is 0.179. The van der Waals surface area contributed by atoms with E-state index in [0.29, 0.717) is 28.9 Å². The standard InChI is InChI=1S/C28H25Cl2NO3/c1-4-33-27-18(3)28-24(25(16-34-28)20-7-11-22(30)12-8-20)14-23(27)17(2)13-26(32)31-15-19-5-9-21(29)10-6-19/h5-14,16H,4,15H2,1-3H3,(H,31,32)/b17-13+. The first kappa shape index (κ1) is 23.9. The maximum Gasteiger partial charge on any atom is 0.244 e. The van der Waals surface area contributed by atoms with Crippen LogP contribution in [0.5, 0.6) is 5.75 Å². The first-order chi connectivity index (χ1) is 16.4. The second-order valence-corrected chi connectivity index (χ2v) is 8.89. The molecule has 174 valence electrons. The summed E-state index contributed by atoms with van der Waals surface area (Å²) in [4.78, 5) is 12.7. The monoisotopic (exact) mass is 493 g/mol. The highest BCUT2D eigenvalue weighted by Gasteiger charge is 2.19. The maximum atomic E-state index is 12.7. The highest BCUT2D eigenvalue weighted by atomic mass is 35.5. The Hall–Kier alpha value is -3.21. The summed E-state index contributed by atoms with van der Waals surface area (Å²) in [5.74, 6) is 0.532. The van der Waals surface area contributed by atoms with Gasteiger partial charge in [-0.1, -0.05) is 47.5 Å². The van der Waals surface area contributed by atoms with Crippen molar-refractivity contribution in [2.24, 2.45) is 0 Å². The van der Waals surface area contributed by atoms with Crippen LogP contribution in [0.2, 0.25) is 10.0 Å². The molecular formula is C28H25Cl2NO3. The number of benzene rings is 3. The van der Waals surface area contributed by atoms with E-state index in [4.69, 9.17) is 32.4 Å². The fourth-order valence-corrected chi connectivity index (χ4v) is 4.16. The van der Waals surface area contributed by atoms with Crippen molar-refractivity contribution < 1.29 is 13.9 Å². The molecule has 0 bridgehead atoms. The molecule has 0 fully saturated rings. The van der Waals surface area contributed by atoms with Crippen LogP contribution in [0.3, 0.4) is 0 Å². The van der Waals surface area contributed by atoms with Gasteiger partial charge in [0.05, 0.1) is 12.9 Å². The normalized spacial score (nSPS) is 11.6. The Bertz CT molecular complexity index is 1350. The van der Waals surface area contributed by atoms with Crippen LogP contribution in [0.4, 0.5) is 0 Å². The SMILES string of the molecule is CCOc1c(/C(C)=C/C(=O)NCc2ccc(Cl)cc2)cc2c(-c3ccc(Cl)cc3)coc2c1C. The molecule has 4 nitrogen and oxygen atoms in total. The van der Waals surface area contributed by atoms with Gasteiger partial charge in [-0.05, 0) is 67.8 Å². The number of carbonyl (C=O) groups excluding carboxylic acids is 1. The zero-order valence-electron chi connectivity index (χ0n) is 19.2. The summed E-state index contributed by atoms with van der Waals surface area (Å²) in [6, 6.07) is 17.1. The second-order valence-electron chi connectivity index (χ2n) is 8.02. The van der Waals surface area contributed by atoms with Gasteiger partial charge in [0, 0.05) is 44.7 Å². The van der Waals surface area contributed by atoms with Crippen LogP contribution in [0.1, 0.15) is 30.5 Å². The number of halogens is 2. The van der Waals surface area contributed by atoms with E-state index in [9.17, 15) is 4.79 Å². The Morgan fingerprint density at radius 2 is 1.71 bits per heavy atom. The average molecular weight is 494 g/mol. The quantitative estimate of drug-likeness (QED) is 0.266. The minimum absolute atomic E-state index is 0.183. The van der Waals surface area contributed by atoms with Crippen molar-refractivity contribution >= 4 is 45.7 Å². The highest BCUT2D eigenvalue weighted by Crippen LogP contribution is 2.40. The van der Waals surface area contributed by atoms with Gasteiger partial charge in [-0.2, -0.15) is 0 Å². The third-order valence-electron chi connectivity index (χ3n) is 5.64. The van der Waals surface area contributed by atoms with Crippen molar-refractivity contribution in [3.05, 3.63) is 93.7 Å². The Morgan fingerprint density at radius 3 is 2.35 bits per heavy atom. The first-order valence-electron chi connectivity index (χ1n) is 11.0. The molecule has 3 aromatic carbocycles. The van der Waals surface area contributed by atoms with E-state index in [-0.39, 0.29) is 5.91 Å². The topological polar surface area (TPSA) is 51.5 Å². The lowest BCUT2D eigenvalue weighted by Gasteiger charge is -2.15. The lowest BCUT2D eigenvalue weighted by atomic mass is 9.96. The summed E-state index contributed by atoms with van der Waals surface area (Å²) in [5.41, 5.74) is 6.23. The number of rotatable bonds is 7. The number of allylic oxidation sites excluding steroid dienone is 1. The molecule has 1 heterocycles. The Morgan fingerprint density at radius 1 is 1.06 bits per heavy atom. The first-order valence-corrected chi connectivity index (χ1v) is 11.8. The summed E-state index contributed by atoms with van der Waals surface area (Å²) in [7, 11) is 0. The summed E-state index contributed by atoms with van der Waals surface area (Å²) >= 11 is 12.0. The zero-order valence-corrected chi connectivity index (χ0v) is 20.8. The number of nitrogens with one attached hydrogen (secondary N) is 1. The molecule has 0 aliphatic heterocycles. The summed E-state index contributed by atoms with van der Waals surface area (Å²) in [6.07, 6.45) is 3.35. The highest BCUT2D eigenvalue weighted by molar-refractivity contribution is 6.30. The molecule has 0 saturated carbocycles. The zero-order chi connectivity index (χ0) is 24.2. The summed E-state index contributed by atoms with van der Waals surface area (Å²) in [5, 5.41) is 5.22. The number of carbonyl (C=O) groups is 1. The maximum absolute atomic E-state index is 12.7. The molecule has 0 radical (unpaired) electrons. The second kappa shape index (κ2) is 10.4. The van der Waals surface area contributed by atoms with Gasteiger partial charge in [-0.3, -0.25) is 4.79 Å². The van der Waals surface area contributed by atoms with E-state index in [2.05, 4.69) is 5.32 Å². The van der Waals surface area contributed by atoms with Gasteiger partial charge < -0.3 is 14.5 Å². The average Bonchev–Trinajstić information content (AvgIpc) is 3.25. The van der Waals surface area contributed by atoms with Gasteiger partial charge in [0.2, 0.25) is 5.91 Å². The van der Waals surface area contributed by atoms with Crippen molar-refractivity contribution in [1.29, 1.82) is 0 Å². The lowest BCUT2D eigenvalue weighted by molar-refractivity contribution is -0.116. The smallest absolute Gasteiger partial charge is 0.244 e. The molecule has 1 aromatic heterocycles. The molecule has 4 aromatic rings. The van der Waals surface area contributed by atoms with E-state index in [1.807, 2.05) is 63.2 Å². The van der Waals surface area contributed by atoms with Crippen LogP contribution in [0.15, 0.2) is 71.4 Å². The minimum Gasteiger partial charge on any atom is -0.493 e. The lowest BCUT2D eigenvalue weighted by Crippen LogP contribution is -2.20. The van der Waals surface area contributed by atoms with Crippen molar-refractivity contribution in [2.45, 2.75) is 27.3 Å². The Balaban J connectivity index is 1.69. The number of amides is 1. The molecule has 34 heavy (non-hydrogen) atoms. The third kappa shape index (κ3) is 5.14. The van der Waals surface area contributed by atoms with Crippen LogP contribution < -0.4 is 10.1 Å². The number of fused-ring (bicyclic) bond motifs is 1. The van der Waals surface area contributed by atoms with Crippen LogP contribution in [0.25, 0.3) is 27.7 Å². The molecule has 6 heteroatoms. The van der Waals surface area contributed by atoms with Gasteiger partial charge in [-0.25, -0.2) is 0 Å². The number of furan rings is 1. The molecule has 0 aliphatic carbocycles. The molecular weight excluding hydrogens is 469 g/mol. The van der Waals surface area contributed by atoms with Crippen LogP contribution in [-0.4, -0.2) is 12.5 Å². The third-order valence-corrected chi connectivity index (χ3v) is 6.14. The number of ether oxygens (including phenoxy) is 1. The molecule has 0 unspecified atom stereocenters. The predicted molar refractivity (Wildman–Crippen MR) is 140 cm³/mol. The van der Waals surface area contributed by atoms with Crippen LogP contribution in [0, 0.1) is 6.92 Å². The van der Waals surface area contributed by atoms with E-state index >= 15 is 0 Å². The van der Waals surface area contributed by atoms with Crippen molar-refractivity contribution in [1.82, 2.24) is 5.32 Å². The molecule has 1 N–H and O–H groups in total. The molecule has 0 saturated heterocycles. The van der Waals surface area contributed by atoms with Gasteiger partial charge in [-0.15, -0.1) is 0 Å². The van der Waals surface area contributed by atoms with Crippen LogP contribution in [-0.2, 0) is 11.3 Å². The van der Waals surface area contributed by atoms with Gasteiger partial charge in [0.15, 0.2) is 0 Å². The molecule has 0 atom stereocenters.